The number of nitrogens with zero attached hydrogens (tertiary/aromatic N) is 4. The summed E-state index contributed by atoms with van der Waals surface area (Å²) in [7, 11) is 0. The van der Waals surface area contributed by atoms with Crippen LogP contribution in [0.25, 0.3) is 11.0 Å². The number of hydrogen-bond acceptors (Lipinski definition) is 3. The number of halogens is 2. The molecule has 0 saturated heterocycles. The molecule has 20 heavy (non-hydrogen) atoms. The van der Waals surface area contributed by atoms with E-state index in [9.17, 15) is 8.78 Å². The lowest BCUT2D eigenvalue weighted by atomic mass is 10.3. The maximum absolute atomic E-state index is 13.9. The molecule has 0 aliphatic carbocycles. The van der Waals surface area contributed by atoms with Gasteiger partial charge in [0.25, 0.3) is 0 Å². The number of aryl methyl sites for hydroxylation is 2. The number of aromatic nitrogens is 4. The molecule has 0 amide bonds. The predicted octanol–water partition coefficient (Wildman–Crippen LogP) is 2.18. The molecule has 3 aromatic rings. The largest absolute Gasteiger partial charge is 0.369 e. The zero-order chi connectivity index (χ0) is 14.1. The lowest BCUT2D eigenvalue weighted by Crippen LogP contribution is -2.07. The quantitative estimate of drug-likeness (QED) is 0.795. The summed E-state index contributed by atoms with van der Waals surface area (Å²) >= 11 is 0. The first kappa shape index (κ1) is 12.6. The van der Waals surface area contributed by atoms with E-state index in [-0.39, 0.29) is 11.5 Å². The topological polar surface area (TPSA) is 61.7 Å². The molecule has 0 unspecified atom stereocenters. The molecular weight excluding hydrogens is 264 g/mol. The van der Waals surface area contributed by atoms with Crippen molar-refractivity contribution >= 4 is 17.0 Å². The summed E-state index contributed by atoms with van der Waals surface area (Å²) in [6.07, 6.45) is 5.95. The third-order valence-corrected chi connectivity index (χ3v) is 3.19. The highest BCUT2D eigenvalue weighted by Crippen LogP contribution is 2.23. The van der Waals surface area contributed by atoms with E-state index in [1.165, 1.54) is 10.6 Å². The second kappa shape index (κ2) is 4.92. The van der Waals surface area contributed by atoms with Crippen molar-refractivity contribution in [3.05, 3.63) is 42.5 Å². The molecule has 0 aliphatic rings. The second-order valence-electron chi connectivity index (χ2n) is 4.50. The Balaban J connectivity index is 1.87. The van der Waals surface area contributed by atoms with Crippen molar-refractivity contribution in [1.82, 2.24) is 19.1 Å². The van der Waals surface area contributed by atoms with Crippen molar-refractivity contribution in [3.8, 4) is 0 Å². The first-order valence-electron chi connectivity index (χ1n) is 6.22. The number of imidazole rings is 2. The van der Waals surface area contributed by atoms with Gasteiger partial charge < -0.3 is 14.9 Å². The van der Waals surface area contributed by atoms with Gasteiger partial charge >= 0.3 is 0 Å². The van der Waals surface area contributed by atoms with Gasteiger partial charge in [0.2, 0.25) is 5.95 Å². The summed E-state index contributed by atoms with van der Waals surface area (Å²) in [6, 6.07) is 2.48. The van der Waals surface area contributed by atoms with Gasteiger partial charge in [-0.1, -0.05) is 0 Å². The van der Waals surface area contributed by atoms with Crippen LogP contribution in [0.15, 0.2) is 30.9 Å². The molecule has 2 N–H and O–H groups in total. The van der Waals surface area contributed by atoms with Crippen LogP contribution in [-0.4, -0.2) is 19.1 Å². The minimum atomic E-state index is -0.908. The molecule has 0 spiro atoms. The Morgan fingerprint density at radius 1 is 1.20 bits per heavy atom. The summed E-state index contributed by atoms with van der Waals surface area (Å²) in [5.41, 5.74) is 6.26. The van der Waals surface area contributed by atoms with Crippen molar-refractivity contribution in [2.75, 3.05) is 5.73 Å². The Morgan fingerprint density at radius 2 is 2.05 bits per heavy atom. The summed E-state index contributed by atoms with van der Waals surface area (Å²) in [6.45, 7) is 1.18. The first-order chi connectivity index (χ1) is 9.66. The second-order valence-corrected chi connectivity index (χ2v) is 4.50. The van der Waals surface area contributed by atoms with Crippen molar-refractivity contribution in [1.29, 1.82) is 0 Å². The van der Waals surface area contributed by atoms with Crippen LogP contribution in [0, 0.1) is 11.6 Å². The Morgan fingerprint density at radius 3 is 2.80 bits per heavy atom. The Labute approximate surface area is 113 Å². The van der Waals surface area contributed by atoms with Crippen molar-refractivity contribution in [3.63, 3.8) is 0 Å². The summed E-state index contributed by atoms with van der Waals surface area (Å²) in [4.78, 5) is 7.99. The number of nitrogen functional groups attached to an aromatic ring is 1. The Hall–Kier alpha value is -2.44. The Kier molecular flexibility index (Phi) is 3.09. The number of rotatable bonds is 4. The van der Waals surface area contributed by atoms with Crippen LogP contribution in [0.3, 0.4) is 0 Å². The van der Waals surface area contributed by atoms with Crippen LogP contribution in [0.5, 0.6) is 0 Å². The maximum Gasteiger partial charge on any atom is 0.201 e. The third kappa shape index (κ3) is 2.11. The minimum absolute atomic E-state index is 0.119. The molecule has 0 fully saturated rings. The van der Waals surface area contributed by atoms with Crippen LogP contribution in [0.4, 0.5) is 14.7 Å². The minimum Gasteiger partial charge on any atom is -0.369 e. The van der Waals surface area contributed by atoms with Crippen LogP contribution in [0.1, 0.15) is 6.42 Å². The molecule has 7 heteroatoms. The van der Waals surface area contributed by atoms with Crippen LogP contribution >= 0.6 is 0 Å². The molecule has 0 radical (unpaired) electrons. The molecule has 2 aromatic heterocycles. The van der Waals surface area contributed by atoms with Gasteiger partial charge in [-0.05, 0) is 18.6 Å². The smallest absolute Gasteiger partial charge is 0.201 e. The average Bonchev–Trinajstić information content (AvgIpc) is 3.03. The molecule has 5 nitrogen and oxygen atoms in total. The molecule has 0 atom stereocenters. The van der Waals surface area contributed by atoms with Crippen molar-refractivity contribution in [2.24, 2.45) is 0 Å². The highest BCUT2D eigenvalue weighted by Gasteiger charge is 2.15. The average molecular weight is 277 g/mol. The first-order valence-corrected chi connectivity index (χ1v) is 6.22. The predicted molar refractivity (Wildman–Crippen MR) is 70.9 cm³/mol. The fourth-order valence-corrected chi connectivity index (χ4v) is 2.23. The number of hydrogen-bond donors (Lipinski definition) is 1. The van der Waals surface area contributed by atoms with E-state index in [0.29, 0.717) is 18.5 Å². The van der Waals surface area contributed by atoms with Crippen molar-refractivity contribution < 1.29 is 8.78 Å². The highest BCUT2D eigenvalue weighted by molar-refractivity contribution is 5.79. The van der Waals surface area contributed by atoms with Crippen LogP contribution in [-0.2, 0) is 13.1 Å². The molecule has 1 aromatic carbocycles. The number of fused-ring (bicyclic) bond motifs is 1. The summed E-state index contributed by atoms with van der Waals surface area (Å²) < 4.78 is 30.6. The lowest BCUT2D eigenvalue weighted by molar-refractivity contribution is 0.507. The van der Waals surface area contributed by atoms with Crippen molar-refractivity contribution in [2.45, 2.75) is 19.5 Å². The number of nitrogens with two attached hydrogens (primary N) is 1. The molecule has 0 bridgehead atoms. The zero-order valence-corrected chi connectivity index (χ0v) is 10.6. The molecule has 104 valence electrons. The molecule has 0 aliphatic heterocycles. The fourth-order valence-electron chi connectivity index (χ4n) is 2.23. The van der Waals surface area contributed by atoms with E-state index in [1.54, 1.807) is 12.5 Å². The van der Waals surface area contributed by atoms with Gasteiger partial charge in [0, 0.05) is 25.5 Å². The molecule has 3 rings (SSSR count). The van der Waals surface area contributed by atoms with Gasteiger partial charge in [-0.2, -0.15) is 0 Å². The fraction of sp³-hybridized carbons (Fsp3) is 0.231. The van der Waals surface area contributed by atoms with Gasteiger partial charge in [0.1, 0.15) is 5.52 Å². The number of benzene rings is 1. The Bertz CT molecular complexity index is 733. The van der Waals surface area contributed by atoms with Gasteiger partial charge in [-0.15, -0.1) is 0 Å². The van der Waals surface area contributed by atoms with Gasteiger partial charge in [0.15, 0.2) is 11.6 Å². The summed E-state index contributed by atoms with van der Waals surface area (Å²) in [5.74, 6) is -1.61. The SMILES string of the molecule is Nc1nc2ccc(F)c(F)c2n1CCCn1ccnc1. The lowest BCUT2D eigenvalue weighted by Gasteiger charge is -2.07. The third-order valence-electron chi connectivity index (χ3n) is 3.19. The maximum atomic E-state index is 13.9. The number of anilines is 1. The monoisotopic (exact) mass is 277 g/mol. The molecule has 0 saturated carbocycles. The van der Waals surface area contributed by atoms with Gasteiger partial charge in [-0.25, -0.2) is 18.7 Å². The van der Waals surface area contributed by atoms with E-state index in [0.717, 1.165) is 12.6 Å². The van der Waals surface area contributed by atoms with Crippen LogP contribution in [0.2, 0.25) is 0 Å². The van der Waals surface area contributed by atoms with Crippen LogP contribution < -0.4 is 5.73 Å². The molecule has 2 heterocycles. The van der Waals surface area contributed by atoms with Gasteiger partial charge in [0.05, 0.1) is 11.8 Å². The normalized spacial score (nSPS) is 11.3. The van der Waals surface area contributed by atoms with Gasteiger partial charge in [-0.3, -0.25) is 0 Å². The van der Waals surface area contributed by atoms with E-state index < -0.39 is 11.6 Å². The summed E-state index contributed by atoms with van der Waals surface area (Å²) in [5, 5.41) is 0. The highest BCUT2D eigenvalue weighted by atomic mass is 19.2. The van der Waals surface area contributed by atoms with E-state index >= 15 is 0 Å². The molecular formula is C13H13F2N5. The zero-order valence-electron chi connectivity index (χ0n) is 10.6. The van der Waals surface area contributed by atoms with E-state index in [2.05, 4.69) is 9.97 Å². The van der Waals surface area contributed by atoms with E-state index in [4.69, 9.17) is 5.73 Å². The van der Waals surface area contributed by atoms with E-state index in [1.807, 2.05) is 10.8 Å². The standard InChI is InChI=1S/C13H13F2N5/c14-9-2-3-10-12(11(9)15)20(13(16)18-10)6-1-5-19-7-4-17-8-19/h2-4,7-8H,1,5-6H2,(H2,16,18).